The van der Waals surface area contributed by atoms with Crippen molar-refractivity contribution in [1.82, 2.24) is 9.97 Å². The second-order valence-corrected chi connectivity index (χ2v) is 7.01. The highest BCUT2D eigenvalue weighted by atomic mass is 19.1. The van der Waals surface area contributed by atoms with Gasteiger partial charge in [-0.05, 0) is 48.4 Å². The normalized spacial score (nSPS) is 10.9. The maximum absolute atomic E-state index is 14.3. The summed E-state index contributed by atoms with van der Waals surface area (Å²) >= 11 is 0. The van der Waals surface area contributed by atoms with Crippen LogP contribution in [0.2, 0.25) is 0 Å². The molecule has 27 heavy (non-hydrogen) atoms. The van der Waals surface area contributed by atoms with Crippen molar-refractivity contribution in [2.75, 3.05) is 0 Å². The van der Waals surface area contributed by atoms with Crippen LogP contribution in [-0.2, 0) is 12.8 Å². The van der Waals surface area contributed by atoms with E-state index in [4.69, 9.17) is 0 Å². The summed E-state index contributed by atoms with van der Waals surface area (Å²) in [6.07, 6.45) is 9.99. The van der Waals surface area contributed by atoms with Crippen molar-refractivity contribution in [1.29, 1.82) is 0 Å². The number of rotatable bonds is 8. The molecule has 0 bridgehead atoms. The molecule has 0 unspecified atom stereocenters. The fraction of sp³-hybridized carbons (Fsp3) is 0.333. The lowest BCUT2D eigenvalue weighted by Crippen LogP contribution is -1.94. The highest BCUT2D eigenvalue weighted by Gasteiger charge is 2.08. The molecular weight excluding hydrogens is 335 g/mol. The topological polar surface area (TPSA) is 25.8 Å². The molecule has 0 saturated heterocycles. The molecular formula is C24H27FN2. The number of aromatic nitrogens is 2. The zero-order valence-electron chi connectivity index (χ0n) is 16.2. The molecule has 2 nitrogen and oxygen atoms in total. The van der Waals surface area contributed by atoms with Gasteiger partial charge in [0.05, 0.1) is 0 Å². The van der Waals surface area contributed by atoms with Gasteiger partial charge in [-0.15, -0.1) is 0 Å². The van der Waals surface area contributed by atoms with E-state index in [0.717, 1.165) is 42.4 Å². The van der Waals surface area contributed by atoms with Gasteiger partial charge < -0.3 is 0 Å². The molecule has 1 heterocycles. The van der Waals surface area contributed by atoms with Crippen LogP contribution in [0.25, 0.3) is 22.5 Å². The van der Waals surface area contributed by atoms with Crippen LogP contribution in [0, 0.1) is 5.82 Å². The zero-order valence-corrected chi connectivity index (χ0v) is 16.2. The number of aryl methyl sites for hydroxylation is 2. The van der Waals surface area contributed by atoms with Crippen molar-refractivity contribution in [2.24, 2.45) is 0 Å². The van der Waals surface area contributed by atoms with Gasteiger partial charge in [0.2, 0.25) is 0 Å². The van der Waals surface area contributed by atoms with Crippen molar-refractivity contribution in [3.63, 3.8) is 0 Å². The van der Waals surface area contributed by atoms with Crippen molar-refractivity contribution >= 4 is 0 Å². The van der Waals surface area contributed by atoms with Gasteiger partial charge in [0, 0.05) is 23.5 Å². The number of hydrogen-bond acceptors (Lipinski definition) is 2. The molecule has 0 aliphatic heterocycles. The van der Waals surface area contributed by atoms with E-state index in [2.05, 4.69) is 48.1 Å². The molecule has 1 aromatic heterocycles. The zero-order chi connectivity index (χ0) is 19.1. The Bertz CT molecular complexity index is 855. The van der Waals surface area contributed by atoms with Gasteiger partial charge in [0.25, 0.3) is 0 Å². The van der Waals surface area contributed by atoms with Gasteiger partial charge in [-0.25, -0.2) is 14.4 Å². The number of halogens is 1. The van der Waals surface area contributed by atoms with Crippen LogP contribution in [0.15, 0.2) is 54.9 Å². The van der Waals surface area contributed by atoms with E-state index in [-0.39, 0.29) is 5.82 Å². The summed E-state index contributed by atoms with van der Waals surface area (Å²) in [5.41, 5.74) is 4.91. The lowest BCUT2D eigenvalue weighted by Gasteiger charge is -2.07. The Morgan fingerprint density at radius 3 is 2.00 bits per heavy atom. The van der Waals surface area contributed by atoms with Crippen LogP contribution < -0.4 is 0 Å². The first-order valence-corrected chi connectivity index (χ1v) is 9.91. The second kappa shape index (κ2) is 9.40. The second-order valence-electron chi connectivity index (χ2n) is 7.01. The van der Waals surface area contributed by atoms with E-state index in [1.807, 2.05) is 24.5 Å². The molecule has 0 N–H and O–H groups in total. The molecule has 0 spiro atoms. The first kappa shape index (κ1) is 19.2. The molecule has 3 heteroatoms. The Labute approximate surface area is 161 Å². The van der Waals surface area contributed by atoms with Crippen LogP contribution in [0.1, 0.15) is 50.7 Å². The SMILES string of the molecule is CCCCc1ccc(-c2cnc(-c3ccc(CCCC)c(F)c3)nc2)cc1. The summed E-state index contributed by atoms with van der Waals surface area (Å²) in [4.78, 5) is 8.90. The summed E-state index contributed by atoms with van der Waals surface area (Å²) in [6, 6.07) is 13.9. The Morgan fingerprint density at radius 2 is 1.37 bits per heavy atom. The molecule has 0 saturated carbocycles. The first-order valence-electron chi connectivity index (χ1n) is 9.91. The van der Waals surface area contributed by atoms with Gasteiger partial charge in [-0.1, -0.05) is 63.1 Å². The van der Waals surface area contributed by atoms with Gasteiger partial charge >= 0.3 is 0 Å². The van der Waals surface area contributed by atoms with Gasteiger partial charge in [-0.2, -0.15) is 0 Å². The van der Waals surface area contributed by atoms with Crippen LogP contribution >= 0.6 is 0 Å². The maximum Gasteiger partial charge on any atom is 0.159 e. The number of benzene rings is 2. The van der Waals surface area contributed by atoms with Crippen molar-refractivity contribution in [2.45, 2.75) is 52.4 Å². The molecule has 2 aromatic carbocycles. The summed E-state index contributed by atoms with van der Waals surface area (Å²) in [5, 5.41) is 0. The molecule has 0 aliphatic rings. The molecule has 3 aromatic rings. The molecule has 0 amide bonds. The minimum Gasteiger partial charge on any atom is -0.236 e. The molecule has 140 valence electrons. The standard InChI is InChI=1S/C24H27FN2/c1-3-5-7-18-9-11-19(12-10-18)22-16-26-24(27-17-22)21-14-13-20(8-6-4-2)23(25)15-21/h9-17H,3-8H2,1-2H3. The van der Waals surface area contributed by atoms with E-state index in [1.54, 1.807) is 6.07 Å². The quantitative estimate of drug-likeness (QED) is 0.449. The lowest BCUT2D eigenvalue weighted by atomic mass is 10.0. The van der Waals surface area contributed by atoms with Crippen molar-refractivity contribution in [3.05, 3.63) is 71.8 Å². The predicted molar refractivity (Wildman–Crippen MR) is 110 cm³/mol. The molecule has 0 fully saturated rings. The van der Waals surface area contributed by atoms with Crippen molar-refractivity contribution < 1.29 is 4.39 Å². The van der Waals surface area contributed by atoms with Gasteiger partial charge in [0.15, 0.2) is 5.82 Å². The molecule has 0 aliphatic carbocycles. The Balaban J connectivity index is 1.74. The van der Waals surface area contributed by atoms with Crippen LogP contribution in [0.4, 0.5) is 4.39 Å². The first-order chi connectivity index (χ1) is 13.2. The average molecular weight is 362 g/mol. The fourth-order valence-electron chi connectivity index (χ4n) is 3.13. The average Bonchev–Trinajstić information content (AvgIpc) is 2.72. The Kier molecular flexibility index (Phi) is 6.69. The molecule has 3 rings (SSSR count). The highest BCUT2D eigenvalue weighted by Crippen LogP contribution is 2.23. The maximum atomic E-state index is 14.3. The van der Waals surface area contributed by atoms with E-state index in [1.165, 1.54) is 18.4 Å². The van der Waals surface area contributed by atoms with E-state index < -0.39 is 0 Å². The molecule has 0 radical (unpaired) electrons. The predicted octanol–water partition coefficient (Wildman–Crippen LogP) is 6.63. The van der Waals surface area contributed by atoms with Crippen LogP contribution in [0.5, 0.6) is 0 Å². The van der Waals surface area contributed by atoms with E-state index in [9.17, 15) is 4.39 Å². The Hall–Kier alpha value is -2.55. The van der Waals surface area contributed by atoms with E-state index in [0.29, 0.717) is 11.4 Å². The van der Waals surface area contributed by atoms with Gasteiger partial charge in [-0.3, -0.25) is 0 Å². The largest absolute Gasteiger partial charge is 0.236 e. The summed E-state index contributed by atoms with van der Waals surface area (Å²) < 4.78 is 14.3. The fourth-order valence-corrected chi connectivity index (χ4v) is 3.13. The summed E-state index contributed by atoms with van der Waals surface area (Å²) in [5.74, 6) is 0.385. The summed E-state index contributed by atoms with van der Waals surface area (Å²) in [6.45, 7) is 4.32. The van der Waals surface area contributed by atoms with Crippen molar-refractivity contribution in [3.8, 4) is 22.5 Å². The van der Waals surface area contributed by atoms with Gasteiger partial charge in [0.1, 0.15) is 5.82 Å². The minimum atomic E-state index is -0.170. The third-order valence-electron chi connectivity index (χ3n) is 4.87. The third kappa shape index (κ3) is 5.00. The molecule has 0 atom stereocenters. The van der Waals surface area contributed by atoms with E-state index >= 15 is 0 Å². The number of hydrogen-bond donors (Lipinski definition) is 0. The monoisotopic (exact) mass is 362 g/mol. The number of unbranched alkanes of at least 4 members (excludes halogenated alkanes) is 2. The highest BCUT2D eigenvalue weighted by molar-refractivity contribution is 5.64. The number of nitrogens with zero attached hydrogens (tertiary/aromatic N) is 2. The lowest BCUT2D eigenvalue weighted by molar-refractivity contribution is 0.603. The third-order valence-corrected chi connectivity index (χ3v) is 4.87. The minimum absolute atomic E-state index is 0.170. The van der Waals surface area contributed by atoms with Crippen LogP contribution in [-0.4, -0.2) is 9.97 Å². The summed E-state index contributed by atoms with van der Waals surface area (Å²) in [7, 11) is 0. The van der Waals surface area contributed by atoms with Crippen LogP contribution in [0.3, 0.4) is 0 Å². The Morgan fingerprint density at radius 1 is 0.741 bits per heavy atom. The smallest absolute Gasteiger partial charge is 0.159 e.